The quantitative estimate of drug-likeness (QED) is 0.0896. The van der Waals surface area contributed by atoms with Gasteiger partial charge in [-0.15, -0.1) is 5.01 Å². The van der Waals surface area contributed by atoms with Crippen LogP contribution in [0.4, 0.5) is 4.79 Å². The largest absolute Gasteiger partial charge is 0.569 e. The molecule has 0 spiro atoms. The molecule has 1 amide bonds. The molecule has 0 fully saturated rings. The molecule has 1 heterocycles. The number of hydrazine groups is 1. The zero-order valence-corrected chi connectivity index (χ0v) is 23.4. The van der Waals surface area contributed by atoms with Crippen molar-refractivity contribution in [2.75, 3.05) is 20.4 Å². The van der Waals surface area contributed by atoms with E-state index in [2.05, 4.69) is 20.0 Å². The molecule has 14 nitrogen and oxygen atoms in total. The molecular weight excluding hydrogens is 544 g/mol. The first-order valence-corrected chi connectivity index (χ1v) is 13.5. The molecule has 0 unspecified atom stereocenters. The summed E-state index contributed by atoms with van der Waals surface area (Å²) in [4.78, 5) is 27.8. The van der Waals surface area contributed by atoms with Crippen LogP contribution >= 0.6 is 0 Å². The normalized spacial score (nSPS) is 11.7. The fraction of sp³-hybridized carbons (Fsp3) is 0.320. The fourth-order valence-electron chi connectivity index (χ4n) is 3.34. The predicted octanol–water partition coefficient (Wildman–Crippen LogP) is 3.22. The Balaban J connectivity index is 1.61. The van der Waals surface area contributed by atoms with E-state index in [4.69, 9.17) is 4.74 Å². The number of sulfonamides is 1. The molecule has 214 valence electrons. The van der Waals surface area contributed by atoms with Crippen molar-refractivity contribution in [3.8, 4) is 16.9 Å². The first kappa shape index (κ1) is 29.9. The maximum absolute atomic E-state index is 12.7. The van der Waals surface area contributed by atoms with Gasteiger partial charge in [-0.1, -0.05) is 29.8 Å². The summed E-state index contributed by atoms with van der Waals surface area (Å²) < 4.78 is 38.3. The number of ether oxygens (including phenoxy) is 2. The summed E-state index contributed by atoms with van der Waals surface area (Å²) in [7, 11) is -3.07. The second-order valence-corrected chi connectivity index (χ2v) is 10.6. The average Bonchev–Trinajstić information content (AvgIpc) is 3.27. The predicted molar refractivity (Wildman–Crippen MR) is 141 cm³/mol. The molecule has 0 atom stereocenters. The first-order valence-electron chi connectivity index (χ1n) is 12.0. The molecule has 2 aromatic carbocycles. The van der Waals surface area contributed by atoms with Crippen LogP contribution in [0.2, 0.25) is 0 Å². The Labute approximate surface area is 231 Å². The van der Waals surface area contributed by atoms with Gasteiger partial charge in [0.25, 0.3) is 22.7 Å². The third-order valence-corrected chi connectivity index (χ3v) is 6.56. The van der Waals surface area contributed by atoms with E-state index in [0.717, 1.165) is 27.5 Å². The molecule has 40 heavy (non-hydrogen) atoms. The lowest BCUT2D eigenvalue weighted by molar-refractivity contribution is -0.704. The molecule has 1 aromatic heterocycles. The van der Waals surface area contributed by atoms with Crippen LogP contribution in [0.25, 0.3) is 16.9 Å². The van der Waals surface area contributed by atoms with Crippen LogP contribution in [0.5, 0.6) is 0 Å². The molecule has 3 aromatic rings. The van der Waals surface area contributed by atoms with E-state index < -0.39 is 41.5 Å². The number of likely N-dealkylation sites (N-methyl/N-ethyl adjacent to an activating group) is 1. The van der Waals surface area contributed by atoms with E-state index in [-0.39, 0.29) is 9.87 Å². The minimum Gasteiger partial charge on any atom is -0.569 e. The van der Waals surface area contributed by atoms with Gasteiger partial charge in [-0.2, -0.15) is 5.10 Å². The van der Waals surface area contributed by atoms with Crippen molar-refractivity contribution >= 4 is 22.1 Å². The molecule has 0 aliphatic heterocycles. The van der Waals surface area contributed by atoms with E-state index in [1.54, 1.807) is 30.7 Å². The van der Waals surface area contributed by atoms with Gasteiger partial charge < -0.3 is 19.5 Å². The molecule has 0 saturated heterocycles. The number of amides is 1. The van der Waals surface area contributed by atoms with Gasteiger partial charge in [0.15, 0.2) is 6.54 Å². The summed E-state index contributed by atoms with van der Waals surface area (Å²) in [6.45, 7) is 5.71. The summed E-state index contributed by atoms with van der Waals surface area (Å²) in [6.07, 6.45) is -1.42. The highest BCUT2D eigenvalue weighted by atomic mass is 32.2. The number of carbonyl (C=O) groups excluding carboxylic acids is 2. The molecule has 3 rings (SSSR count). The molecular formula is C25H30N6O8S. The Morgan fingerprint density at radius 1 is 1.12 bits per heavy atom. The van der Waals surface area contributed by atoms with E-state index in [9.17, 15) is 23.2 Å². The summed E-state index contributed by atoms with van der Waals surface area (Å²) in [5.74, 6) is -0.997. The van der Waals surface area contributed by atoms with Crippen molar-refractivity contribution in [2.45, 2.75) is 38.7 Å². The molecule has 0 saturated carbocycles. The van der Waals surface area contributed by atoms with Crippen molar-refractivity contribution in [2.24, 2.45) is 5.28 Å². The highest BCUT2D eigenvalue weighted by molar-refractivity contribution is 7.90. The van der Waals surface area contributed by atoms with Crippen LogP contribution in [-0.4, -0.2) is 66.7 Å². The SMILES string of the molecule is Cc1ccc(-c2cc(C)nn2-c2ccc(S(=O)(=O)NC(=O)CN(C)/[N+]([O-])=N/OCOC(=O)OC(C)C)cc2)cc1. The third kappa shape index (κ3) is 8.17. The number of aryl methyl sites for hydroxylation is 2. The number of nitrogens with zero attached hydrogens (tertiary/aromatic N) is 5. The Bertz CT molecular complexity index is 1470. The van der Waals surface area contributed by atoms with Crippen LogP contribution < -0.4 is 4.72 Å². The zero-order chi connectivity index (χ0) is 29.4. The molecule has 0 radical (unpaired) electrons. The van der Waals surface area contributed by atoms with Crippen molar-refractivity contribution in [3.63, 3.8) is 0 Å². The van der Waals surface area contributed by atoms with Gasteiger partial charge in [0.05, 0.1) is 40.1 Å². The lowest BCUT2D eigenvalue weighted by Crippen LogP contribution is -2.40. The van der Waals surface area contributed by atoms with Crippen molar-refractivity contribution < 1.29 is 37.3 Å². The topological polar surface area (TPSA) is 167 Å². The van der Waals surface area contributed by atoms with Gasteiger partial charge in [0, 0.05) is 5.56 Å². The second-order valence-electron chi connectivity index (χ2n) is 8.93. The molecule has 1 N–H and O–H groups in total. The van der Waals surface area contributed by atoms with Gasteiger partial charge in [0.1, 0.15) is 0 Å². The maximum atomic E-state index is 12.7. The third-order valence-electron chi connectivity index (χ3n) is 5.17. The summed E-state index contributed by atoms with van der Waals surface area (Å²) in [6, 6.07) is 15.7. The van der Waals surface area contributed by atoms with Crippen LogP contribution in [0.1, 0.15) is 25.1 Å². The number of rotatable bonds is 11. The Morgan fingerprint density at radius 3 is 2.40 bits per heavy atom. The Kier molecular flexibility index (Phi) is 9.66. The fourth-order valence-corrected chi connectivity index (χ4v) is 4.31. The summed E-state index contributed by atoms with van der Waals surface area (Å²) in [5, 5.41) is 20.2. The molecule has 0 aliphatic carbocycles. The standard InChI is InChI=1S/C25H30N6O8S/c1-17(2)39-25(33)37-16-38-28-31(34)29(5)15-24(32)27-40(35,36)22-12-10-21(11-13-22)30-23(14-19(4)26-30)20-8-6-18(3)7-9-20/h6-14,17H,15-16H2,1-5H3,(H,27,32)/b31-28-. The monoisotopic (exact) mass is 574 g/mol. The van der Waals surface area contributed by atoms with E-state index in [1.165, 1.54) is 19.2 Å². The minimum atomic E-state index is -4.24. The number of nitrogens with one attached hydrogen (secondary N) is 1. The lowest BCUT2D eigenvalue weighted by atomic mass is 10.1. The smallest absolute Gasteiger partial charge is 0.511 e. The van der Waals surface area contributed by atoms with Gasteiger partial charge in [-0.05, 0) is 58.0 Å². The van der Waals surface area contributed by atoms with Gasteiger partial charge in [-0.25, -0.2) is 22.6 Å². The van der Waals surface area contributed by atoms with Crippen LogP contribution in [0.15, 0.2) is 64.8 Å². The van der Waals surface area contributed by atoms with E-state index in [0.29, 0.717) is 5.69 Å². The number of benzene rings is 2. The van der Waals surface area contributed by atoms with Gasteiger partial charge >= 0.3 is 6.16 Å². The first-order chi connectivity index (χ1) is 18.9. The summed E-state index contributed by atoms with van der Waals surface area (Å²) >= 11 is 0. The van der Waals surface area contributed by atoms with Crippen molar-refractivity contribution in [1.29, 1.82) is 0 Å². The van der Waals surface area contributed by atoms with Crippen molar-refractivity contribution in [3.05, 3.63) is 71.1 Å². The van der Waals surface area contributed by atoms with Gasteiger partial charge in [-0.3, -0.25) is 4.79 Å². The highest BCUT2D eigenvalue weighted by Crippen LogP contribution is 2.25. The van der Waals surface area contributed by atoms with Crippen molar-refractivity contribution in [1.82, 2.24) is 19.5 Å². The number of hydrogen-bond acceptors (Lipinski definition) is 10. The van der Waals surface area contributed by atoms with Crippen LogP contribution in [0, 0.1) is 19.1 Å². The minimum absolute atomic E-state index is 0.115. The Hall–Kier alpha value is -4.66. The van der Waals surface area contributed by atoms with Crippen LogP contribution in [-0.2, 0) is 29.1 Å². The molecule has 15 heteroatoms. The zero-order valence-electron chi connectivity index (χ0n) is 22.6. The van der Waals surface area contributed by atoms with Crippen LogP contribution in [0.3, 0.4) is 0 Å². The molecule has 0 bridgehead atoms. The number of carbonyl (C=O) groups is 2. The average molecular weight is 575 g/mol. The number of aromatic nitrogens is 2. The highest BCUT2D eigenvalue weighted by Gasteiger charge is 2.21. The van der Waals surface area contributed by atoms with E-state index in [1.807, 2.05) is 48.9 Å². The Morgan fingerprint density at radius 2 is 1.77 bits per heavy atom. The summed E-state index contributed by atoms with van der Waals surface area (Å²) in [5.41, 5.74) is 4.32. The number of hydrogen-bond donors (Lipinski definition) is 1. The lowest BCUT2D eigenvalue weighted by Gasteiger charge is -2.13. The molecule has 0 aliphatic rings. The van der Waals surface area contributed by atoms with Gasteiger partial charge in [0.2, 0.25) is 5.28 Å². The second kappa shape index (κ2) is 12.9. The van der Waals surface area contributed by atoms with E-state index >= 15 is 0 Å². The maximum Gasteiger partial charge on any atom is 0.511 e.